The lowest BCUT2D eigenvalue weighted by molar-refractivity contribution is 0.323. The molecule has 19 heavy (non-hydrogen) atoms. The molecule has 2 atom stereocenters. The molecule has 104 valence electrons. The number of allylic oxidation sites excluding steroid dienone is 1. The predicted octanol–water partition coefficient (Wildman–Crippen LogP) is 3.35. The molecule has 0 saturated carbocycles. The Morgan fingerprint density at radius 1 is 1.42 bits per heavy atom. The summed E-state index contributed by atoms with van der Waals surface area (Å²) >= 11 is 0. The van der Waals surface area contributed by atoms with E-state index in [1.807, 2.05) is 0 Å². The van der Waals surface area contributed by atoms with Crippen molar-refractivity contribution >= 4 is 0 Å². The average Bonchev–Trinajstić information content (AvgIpc) is 2.44. The van der Waals surface area contributed by atoms with Crippen LogP contribution in [0.4, 0.5) is 0 Å². The van der Waals surface area contributed by atoms with E-state index in [-0.39, 0.29) is 0 Å². The molecule has 2 rings (SSSR count). The lowest BCUT2D eigenvalue weighted by Gasteiger charge is -2.34. The molecule has 0 saturated heterocycles. The molecule has 1 aliphatic rings. The van der Waals surface area contributed by atoms with Gasteiger partial charge in [0, 0.05) is 6.04 Å². The van der Waals surface area contributed by atoms with Crippen LogP contribution in [-0.4, -0.2) is 19.7 Å². The zero-order valence-electron chi connectivity index (χ0n) is 12.1. The maximum absolute atomic E-state index is 5.51. The molecule has 0 spiro atoms. The van der Waals surface area contributed by atoms with E-state index in [1.165, 1.54) is 17.5 Å². The van der Waals surface area contributed by atoms with E-state index >= 15 is 0 Å². The summed E-state index contributed by atoms with van der Waals surface area (Å²) in [7, 11) is 1.76. The number of fused-ring (bicyclic) bond motifs is 1. The Bertz CT molecular complexity index is 427. The second-order valence-corrected chi connectivity index (χ2v) is 5.35. The Labute approximate surface area is 116 Å². The molecule has 0 heterocycles. The van der Waals surface area contributed by atoms with Crippen molar-refractivity contribution in [2.24, 2.45) is 5.92 Å². The Morgan fingerprint density at radius 2 is 2.26 bits per heavy atom. The van der Waals surface area contributed by atoms with Crippen LogP contribution in [0.15, 0.2) is 30.9 Å². The molecular formula is C17H25NO. The van der Waals surface area contributed by atoms with Gasteiger partial charge in [-0.2, -0.15) is 0 Å². The van der Waals surface area contributed by atoms with Crippen LogP contribution in [-0.2, 0) is 12.8 Å². The minimum atomic E-state index is 0.543. The van der Waals surface area contributed by atoms with Crippen molar-refractivity contribution in [3.63, 3.8) is 0 Å². The standard InChI is InChI=1S/C17H25NO/c1-4-7-14-11-13-8-6-9-17(19-3)15(13)12-16(14)18-10-5-2/h4,6,8-9,14,16,18H,1,5,7,10-12H2,2-3H3/t14-,16-/m1/s1. The smallest absolute Gasteiger partial charge is 0.122 e. The van der Waals surface area contributed by atoms with Gasteiger partial charge in [-0.05, 0) is 55.3 Å². The first kappa shape index (κ1) is 14.1. The van der Waals surface area contributed by atoms with Crippen molar-refractivity contribution in [2.75, 3.05) is 13.7 Å². The van der Waals surface area contributed by atoms with Gasteiger partial charge in [-0.1, -0.05) is 25.1 Å². The fourth-order valence-corrected chi connectivity index (χ4v) is 3.07. The molecule has 1 aromatic carbocycles. The van der Waals surface area contributed by atoms with Gasteiger partial charge < -0.3 is 10.1 Å². The number of nitrogens with one attached hydrogen (secondary N) is 1. The molecule has 2 nitrogen and oxygen atoms in total. The number of hydrogen-bond donors (Lipinski definition) is 1. The molecule has 0 radical (unpaired) electrons. The molecule has 0 aliphatic heterocycles. The molecule has 1 aliphatic carbocycles. The second-order valence-electron chi connectivity index (χ2n) is 5.35. The normalized spacial score (nSPS) is 21.8. The third-order valence-electron chi connectivity index (χ3n) is 4.05. The van der Waals surface area contributed by atoms with Crippen LogP contribution in [0.3, 0.4) is 0 Å². The summed E-state index contributed by atoms with van der Waals surface area (Å²) in [6.07, 6.45) is 6.50. The highest BCUT2D eigenvalue weighted by atomic mass is 16.5. The Morgan fingerprint density at radius 3 is 2.95 bits per heavy atom. The molecule has 0 amide bonds. The fourth-order valence-electron chi connectivity index (χ4n) is 3.07. The number of hydrogen-bond acceptors (Lipinski definition) is 2. The van der Waals surface area contributed by atoms with E-state index in [4.69, 9.17) is 4.74 Å². The third kappa shape index (κ3) is 3.19. The van der Waals surface area contributed by atoms with Gasteiger partial charge in [0.1, 0.15) is 5.75 Å². The van der Waals surface area contributed by atoms with Gasteiger partial charge in [-0.25, -0.2) is 0 Å². The number of benzene rings is 1. The molecule has 1 N–H and O–H groups in total. The second kappa shape index (κ2) is 6.76. The quantitative estimate of drug-likeness (QED) is 0.791. The van der Waals surface area contributed by atoms with Crippen LogP contribution in [0.2, 0.25) is 0 Å². The zero-order chi connectivity index (χ0) is 13.7. The first-order valence-corrected chi connectivity index (χ1v) is 7.29. The highest BCUT2D eigenvalue weighted by molar-refractivity contribution is 5.43. The molecule has 0 unspecified atom stereocenters. The molecule has 0 aromatic heterocycles. The van der Waals surface area contributed by atoms with Crippen LogP contribution in [0, 0.1) is 5.92 Å². The van der Waals surface area contributed by atoms with Gasteiger partial charge in [0.05, 0.1) is 7.11 Å². The van der Waals surface area contributed by atoms with Gasteiger partial charge in [-0.3, -0.25) is 0 Å². The van der Waals surface area contributed by atoms with Crippen molar-refractivity contribution < 1.29 is 4.74 Å². The summed E-state index contributed by atoms with van der Waals surface area (Å²) in [5.41, 5.74) is 2.83. The Balaban J connectivity index is 2.23. The van der Waals surface area contributed by atoms with E-state index in [9.17, 15) is 0 Å². The van der Waals surface area contributed by atoms with Crippen molar-refractivity contribution in [3.05, 3.63) is 42.0 Å². The highest BCUT2D eigenvalue weighted by Gasteiger charge is 2.28. The van der Waals surface area contributed by atoms with Crippen molar-refractivity contribution in [1.29, 1.82) is 0 Å². The van der Waals surface area contributed by atoms with E-state index < -0.39 is 0 Å². The summed E-state index contributed by atoms with van der Waals surface area (Å²) in [4.78, 5) is 0. The van der Waals surface area contributed by atoms with Crippen molar-refractivity contribution in [3.8, 4) is 5.75 Å². The topological polar surface area (TPSA) is 21.3 Å². The van der Waals surface area contributed by atoms with Gasteiger partial charge >= 0.3 is 0 Å². The van der Waals surface area contributed by atoms with Crippen LogP contribution in [0.1, 0.15) is 30.9 Å². The van der Waals surface area contributed by atoms with E-state index in [0.717, 1.165) is 31.6 Å². The fraction of sp³-hybridized carbons (Fsp3) is 0.529. The average molecular weight is 259 g/mol. The van der Waals surface area contributed by atoms with E-state index in [0.29, 0.717) is 12.0 Å². The van der Waals surface area contributed by atoms with Gasteiger partial charge in [-0.15, -0.1) is 6.58 Å². The SMILES string of the molecule is C=CC[C@@H]1Cc2cccc(OC)c2C[C@H]1NCCC. The van der Waals surface area contributed by atoms with Crippen molar-refractivity contribution in [1.82, 2.24) is 5.32 Å². The van der Waals surface area contributed by atoms with Crippen LogP contribution in [0.5, 0.6) is 5.75 Å². The summed E-state index contributed by atoms with van der Waals surface area (Å²) in [5, 5.41) is 3.70. The Hall–Kier alpha value is -1.28. The minimum Gasteiger partial charge on any atom is -0.496 e. The summed E-state index contributed by atoms with van der Waals surface area (Å²) in [6.45, 7) is 7.21. The first-order chi connectivity index (χ1) is 9.30. The van der Waals surface area contributed by atoms with Crippen LogP contribution in [0.25, 0.3) is 0 Å². The zero-order valence-corrected chi connectivity index (χ0v) is 12.1. The van der Waals surface area contributed by atoms with Crippen molar-refractivity contribution in [2.45, 2.75) is 38.6 Å². The number of methoxy groups -OCH3 is 1. The molecule has 0 bridgehead atoms. The number of ether oxygens (including phenoxy) is 1. The summed E-state index contributed by atoms with van der Waals surface area (Å²) in [6, 6.07) is 6.96. The van der Waals surface area contributed by atoms with E-state index in [2.05, 4.69) is 43.1 Å². The lowest BCUT2D eigenvalue weighted by atomic mass is 9.78. The third-order valence-corrected chi connectivity index (χ3v) is 4.05. The molecule has 0 fully saturated rings. The first-order valence-electron chi connectivity index (χ1n) is 7.29. The van der Waals surface area contributed by atoms with Gasteiger partial charge in [0.2, 0.25) is 0 Å². The highest BCUT2D eigenvalue weighted by Crippen LogP contribution is 2.33. The van der Waals surface area contributed by atoms with Crippen LogP contribution < -0.4 is 10.1 Å². The predicted molar refractivity (Wildman–Crippen MR) is 80.8 cm³/mol. The summed E-state index contributed by atoms with van der Waals surface area (Å²) in [5.74, 6) is 1.70. The summed E-state index contributed by atoms with van der Waals surface area (Å²) < 4.78 is 5.51. The van der Waals surface area contributed by atoms with E-state index in [1.54, 1.807) is 7.11 Å². The largest absolute Gasteiger partial charge is 0.496 e. The van der Waals surface area contributed by atoms with Gasteiger partial charge in [0.15, 0.2) is 0 Å². The lowest BCUT2D eigenvalue weighted by Crippen LogP contribution is -2.42. The van der Waals surface area contributed by atoms with Crippen LogP contribution >= 0.6 is 0 Å². The number of rotatable bonds is 6. The molecule has 2 heteroatoms. The molecular weight excluding hydrogens is 234 g/mol. The maximum atomic E-state index is 5.51. The van der Waals surface area contributed by atoms with Gasteiger partial charge in [0.25, 0.3) is 0 Å². The monoisotopic (exact) mass is 259 g/mol. The minimum absolute atomic E-state index is 0.543. The Kier molecular flexibility index (Phi) is 5.03. The maximum Gasteiger partial charge on any atom is 0.122 e. The molecule has 1 aromatic rings.